The second-order valence-corrected chi connectivity index (χ2v) is 8.62. The fourth-order valence-corrected chi connectivity index (χ4v) is 4.21. The molecule has 1 aromatic carbocycles. The van der Waals surface area contributed by atoms with E-state index >= 15 is 0 Å². The molecule has 0 unspecified atom stereocenters. The summed E-state index contributed by atoms with van der Waals surface area (Å²) in [5.41, 5.74) is 0.749. The Balaban J connectivity index is 1.18. The van der Waals surface area contributed by atoms with Crippen LogP contribution in [-0.4, -0.2) is 73.7 Å². The molecule has 3 amide bonds. The van der Waals surface area contributed by atoms with E-state index in [0.717, 1.165) is 31.2 Å². The normalized spacial score (nSPS) is 23.8. The minimum absolute atomic E-state index is 0.0652. The van der Waals surface area contributed by atoms with Gasteiger partial charge in [0, 0.05) is 31.9 Å². The third-order valence-electron chi connectivity index (χ3n) is 6.14. The Morgan fingerprint density at radius 2 is 1.76 bits per heavy atom. The predicted molar refractivity (Wildman–Crippen MR) is 112 cm³/mol. The quantitative estimate of drug-likeness (QED) is 0.736. The van der Waals surface area contributed by atoms with Crippen molar-refractivity contribution in [1.82, 2.24) is 15.1 Å². The van der Waals surface area contributed by atoms with Gasteiger partial charge >= 0.3 is 6.03 Å². The molecule has 7 heteroatoms. The van der Waals surface area contributed by atoms with E-state index in [-0.39, 0.29) is 24.6 Å². The molecule has 1 saturated carbocycles. The van der Waals surface area contributed by atoms with Crippen LogP contribution in [-0.2, 0) is 9.53 Å². The maximum atomic E-state index is 12.3. The summed E-state index contributed by atoms with van der Waals surface area (Å²) >= 11 is 0. The van der Waals surface area contributed by atoms with Gasteiger partial charge in [0.05, 0.1) is 6.10 Å². The topological polar surface area (TPSA) is 73.9 Å². The number of carbonyl (C=O) groups is 2. The van der Waals surface area contributed by atoms with Crippen LogP contribution in [0.15, 0.2) is 30.3 Å². The standard InChI is InChI=1S/C22H32N4O3/c27-21-16-29-20(12-23-22(28)24-19-4-2-1-3-5-19)15-26(21)14-18-8-10-25(11-9-18)13-17-6-7-17/h1-5,17-18,20H,6-16H2,(H2,23,24,28)/t20-/m1/s1. The van der Waals surface area contributed by atoms with Gasteiger partial charge in [-0.25, -0.2) is 4.79 Å². The van der Waals surface area contributed by atoms with Crippen LogP contribution < -0.4 is 10.6 Å². The molecule has 0 spiro atoms. The molecule has 1 aliphatic carbocycles. The van der Waals surface area contributed by atoms with Gasteiger partial charge in [0.15, 0.2) is 0 Å². The highest BCUT2D eigenvalue weighted by atomic mass is 16.5. The van der Waals surface area contributed by atoms with Crippen molar-refractivity contribution in [2.24, 2.45) is 11.8 Å². The molecule has 0 aromatic heterocycles. The maximum Gasteiger partial charge on any atom is 0.319 e. The Kier molecular flexibility index (Phi) is 6.67. The molecule has 2 N–H and O–H groups in total. The zero-order valence-electron chi connectivity index (χ0n) is 17.0. The van der Waals surface area contributed by atoms with Crippen molar-refractivity contribution in [3.8, 4) is 0 Å². The number of ether oxygens (including phenoxy) is 1. The first-order valence-electron chi connectivity index (χ1n) is 10.9. The largest absolute Gasteiger partial charge is 0.365 e. The number of hydrogen-bond donors (Lipinski definition) is 2. The molecule has 0 bridgehead atoms. The number of likely N-dealkylation sites (tertiary alicyclic amines) is 1. The molecule has 158 valence electrons. The Hall–Kier alpha value is -2.12. The minimum atomic E-state index is -0.258. The van der Waals surface area contributed by atoms with Gasteiger partial charge < -0.3 is 25.2 Å². The number of hydrogen-bond acceptors (Lipinski definition) is 4. The van der Waals surface area contributed by atoms with Crippen LogP contribution in [0, 0.1) is 11.8 Å². The van der Waals surface area contributed by atoms with E-state index in [4.69, 9.17) is 4.74 Å². The zero-order chi connectivity index (χ0) is 20.1. The Bertz CT molecular complexity index is 687. The van der Waals surface area contributed by atoms with Crippen LogP contribution in [0.25, 0.3) is 0 Å². The fraction of sp³-hybridized carbons (Fsp3) is 0.636. The summed E-state index contributed by atoms with van der Waals surface area (Å²) in [6.07, 6.45) is 4.98. The maximum absolute atomic E-state index is 12.3. The number of carbonyl (C=O) groups excluding carboxylic acids is 2. The van der Waals surface area contributed by atoms with Crippen molar-refractivity contribution in [3.05, 3.63) is 30.3 Å². The molecule has 2 aliphatic heterocycles. The molecule has 2 saturated heterocycles. The van der Waals surface area contributed by atoms with Crippen LogP contribution in [0.4, 0.5) is 10.5 Å². The Labute approximate surface area is 172 Å². The molecule has 1 atom stereocenters. The number of urea groups is 1. The first-order chi connectivity index (χ1) is 14.2. The lowest BCUT2D eigenvalue weighted by Gasteiger charge is -2.38. The third-order valence-corrected chi connectivity index (χ3v) is 6.14. The Morgan fingerprint density at radius 3 is 2.48 bits per heavy atom. The molecule has 1 aromatic rings. The van der Waals surface area contributed by atoms with E-state index in [1.807, 2.05) is 35.2 Å². The van der Waals surface area contributed by atoms with E-state index in [0.29, 0.717) is 19.0 Å². The molecule has 2 heterocycles. The summed E-state index contributed by atoms with van der Waals surface area (Å²) in [5, 5.41) is 5.65. The first kappa shape index (κ1) is 20.2. The monoisotopic (exact) mass is 400 g/mol. The molecular weight excluding hydrogens is 368 g/mol. The summed E-state index contributed by atoms with van der Waals surface area (Å²) in [6, 6.07) is 9.08. The molecule has 3 fully saturated rings. The highest BCUT2D eigenvalue weighted by Gasteiger charge is 2.31. The lowest BCUT2D eigenvalue weighted by Crippen LogP contribution is -2.52. The van der Waals surface area contributed by atoms with E-state index in [2.05, 4.69) is 15.5 Å². The number of benzene rings is 1. The summed E-state index contributed by atoms with van der Waals surface area (Å²) in [7, 11) is 0. The highest BCUT2D eigenvalue weighted by Crippen LogP contribution is 2.31. The van der Waals surface area contributed by atoms with E-state index < -0.39 is 0 Å². The van der Waals surface area contributed by atoms with Gasteiger partial charge in [-0.2, -0.15) is 0 Å². The number of amides is 3. The van der Waals surface area contributed by atoms with Crippen LogP contribution in [0.3, 0.4) is 0 Å². The fourth-order valence-electron chi connectivity index (χ4n) is 4.21. The van der Waals surface area contributed by atoms with Crippen molar-refractivity contribution in [1.29, 1.82) is 0 Å². The number of morpholine rings is 1. The molecule has 4 rings (SSSR count). The van der Waals surface area contributed by atoms with Crippen molar-refractivity contribution in [2.75, 3.05) is 51.2 Å². The van der Waals surface area contributed by atoms with Gasteiger partial charge in [-0.15, -0.1) is 0 Å². The Morgan fingerprint density at radius 1 is 1.03 bits per heavy atom. The minimum Gasteiger partial charge on any atom is -0.365 e. The van der Waals surface area contributed by atoms with E-state index in [9.17, 15) is 9.59 Å². The highest BCUT2D eigenvalue weighted by molar-refractivity contribution is 5.89. The van der Waals surface area contributed by atoms with Crippen molar-refractivity contribution < 1.29 is 14.3 Å². The summed E-state index contributed by atoms with van der Waals surface area (Å²) < 4.78 is 5.64. The van der Waals surface area contributed by atoms with Gasteiger partial charge in [0.25, 0.3) is 0 Å². The number of anilines is 1. The van der Waals surface area contributed by atoms with Crippen LogP contribution in [0.5, 0.6) is 0 Å². The third kappa shape index (κ3) is 6.18. The summed E-state index contributed by atoms with van der Waals surface area (Å²) in [6.45, 7) is 5.44. The van der Waals surface area contributed by atoms with Gasteiger partial charge in [0.1, 0.15) is 6.61 Å². The van der Waals surface area contributed by atoms with Gasteiger partial charge in [-0.3, -0.25) is 4.79 Å². The van der Waals surface area contributed by atoms with Gasteiger partial charge in [-0.05, 0) is 62.7 Å². The lowest BCUT2D eigenvalue weighted by atomic mass is 9.95. The second kappa shape index (κ2) is 9.59. The van der Waals surface area contributed by atoms with Gasteiger partial charge in [0.2, 0.25) is 5.91 Å². The lowest BCUT2D eigenvalue weighted by molar-refractivity contribution is -0.149. The number of piperidine rings is 1. The predicted octanol–water partition coefficient (Wildman–Crippen LogP) is 2.16. The van der Waals surface area contributed by atoms with Crippen molar-refractivity contribution in [2.45, 2.75) is 31.8 Å². The number of nitrogens with one attached hydrogen (secondary N) is 2. The average Bonchev–Trinajstić information content (AvgIpc) is 3.55. The van der Waals surface area contributed by atoms with Crippen LogP contribution in [0.2, 0.25) is 0 Å². The van der Waals surface area contributed by atoms with Crippen LogP contribution >= 0.6 is 0 Å². The van der Waals surface area contributed by atoms with E-state index in [1.165, 1.54) is 32.2 Å². The van der Waals surface area contributed by atoms with Crippen molar-refractivity contribution in [3.63, 3.8) is 0 Å². The molecule has 7 nitrogen and oxygen atoms in total. The molecule has 3 aliphatic rings. The number of para-hydroxylation sites is 1. The summed E-state index contributed by atoms with van der Waals surface area (Å²) in [4.78, 5) is 28.9. The van der Waals surface area contributed by atoms with Gasteiger partial charge in [-0.1, -0.05) is 18.2 Å². The smallest absolute Gasteiger partial charge is 0.319 e. The zero-order valence-corrected chi connectivity index (χ0v) is 17.0. The molecule has 29 heavy (non-hydrogen) atoms. The average molecular weight is 401 g/mol. The van der Waals surface area contributed by atoms with Crippen molar-refractivity contribution >= 4 is 17.6 Å². The SMILES string of the molecule is O=C(NC[C@@H]1CN(CC2CCN(CC3CC3)CC2)C(=O)CO1)Nc1ccccc1. The molecule has 0 radical (unpaired) electrons. The first-order valence-corrected chi connectivity index (χ1v) is 10.9. The second-order valence-electron chi connectivity index (χ2n) is 8.62. The number of nitrogens with zero attached hydrogens (tertiary/aromatic N) is 2. The summed E-state index contributed by atoms with van der Waals surface area (Å²) in [5.74, 6) is 1.58. The number of rotatable bonds is 7. The molecular formula is C22H32N4O3. The van der Waals surface area contributed by atoms with Crippen LogP contribution in [0.1, 0.15) is 25.7 Å². The van der Waals surface area contributed by atoms with E-state index in [1.54, 1.807) is 0 Å².